The molecule has 1 rings (SSSR count). The molecule has 8 heteroatoms. The summed E-state index contributed by atoms with van der Waals surface area (Å²) in [6.07, 6.45) is 0.858. The fraction of sp³-hybridized carbons (Fsp3) is 0.385. The Balaban J connectivity index is 2.74. The monoisotopic (exact) mass is 364 g/mol. The predicted octanol–water partition coefficient (Wildman–Crippen LogP) is 3.49. The summed E-state index contributed by atoms with van der Waals surface area (Å²) in [4.78, 5) is 22.4. The molecule has 0 fully saturated rings. The maximum Gasteiger partial charge on any atom is 0.319 e. The summed E-state index contributed by atoms with van der Waals surface area (Å²) in [7, 11) is 0. The van der Waals surface area contributed by atoms with Gasteiger partial charge in [0.2, 0.25) is 0 Å². The fourth-order valence-corrected chi connectivity index (χ4v) is 2.18. The number of carbonyl (C=O) groups is 2. The third-order valence-corrected chi connectivity index (χ3v) is 3.10. The summed E-state index contributed by atoms with van der Waals surface area (Å²) in [6.45, 7) is 1.84. The normalized spacial score (nSPS) is 11.8. The van der Waals surface area contributed by atoms with Crippen molar-refractivity contribution in [2.45, 2.75) is 32.2 Å². The van der Waals surface area contributed by atoms with Crippen LogP contribution in [0.4, 0.5) is 19.3 Å². The van der Waals surface area contributed by atoms with Crippen LogP contribution in [-0.4, -0.2) is 23.1 Å². The Hall–Kier alpha value is -1.70. The van der Waals surface area contributed by atoms with Crippen LogP contribution < -0.4 is 10.6 Å². The van der Waals surface area contributed by atoms with E-state index in [9.17, 15) is 18.4 Å². The Morgan fingerprint density at radius 2 is 1.90 bits per heavy atom. The van der Waals surface area contributed by atoms with E-state index in [1.807, 2.05) is 6.92 Å². The highest BCUT2D eigenvalue weighted by Gasteiger charge is 2.18. The lowest BCUT2D eigenvalue weighted by Gasteiger charge is -2.17. The van der Waals surface area contributed by atoms with Gasteiger partial charge >= 0.3 is 12.0 Å². The number of carboxylic acid groups (broad SMARTS) is 1. The molecular weight excluding hydrogens is 350 g/mol. The maximum atomic E-state index is 13.6. The van der Waals surface area contributed by atoms with Crippen molar-refractivity contribution in [3.05, 3.63) is 28.2 Å². The minimum atomic E-state index is -1.06. The minimum absolute atomic E-state index is 0.207. The van der Waals surface area contributed by atoms with Gasteiger partial charge in [-0.25, -0.2) is 13.6 Å². The molecule has 0 aliphatic carbocycles. The molecule has 3 N–H and O–H groups in total. The Morgan fingerprint density at radius 1 is 1.33 bits per heavy atom. The molecule has 0 aliphatic rings. The highest BCUT2D eigenvalue weighted by Crippen LogP contribution is 2.23. The number of carboxylic acids is 1. The number of halogens is 3. The molecule has 1 atom stereocenters. The van der Waals surface area contributed by atoms with E-state index >= 15 is 0 Å². The number of urea groups is 1. The van der Waals surface area contributed by atoms with Gasteiger partial charge < -0.3 is 15.7 Å². The topological polar surface area (TPSA) is 78.4 Å². The molecule has 1 aromatic rings. The molecule has 5 nitrogen and oxygen atoms in total. The van der Waals surface area contributed by atoms with Crippen molar-refractivity contribution in [3.63, 3.8) is 0 Å². The van der Waals surface area contributed by atoms with Crippen molar-refractivity contribution >= 4 is 33.6 Å². The van der Waals surface area contributed by atoms with Gasteiger partial charge in [0.1, 0.15) is 5.69 Å². The highest BCUT2D eigenvalue weighted by atomic mass is 79.9. The number of hydrogen-bond acceptors (Lipinski definition) is 2. The summed E-state index contributed by atoms with van der Waals surface area (Å²) in [6, 6.07) is 0.572. The molecule has 0 aromatic heterocycles. The van der Waals surface area contributed by atoms with E-state index < -0.39 is 35.4 Å². The number of benzene rings is 1. The molecular formula is C13H15BrF2N2O3. The maximum absolute atomic E-state index is 13.6. The molecule has 21 heavy (non-hydrogen) atoms. The minimum Gasteiger partial charge on any atom is -0.481 e. The molecule has 0 bridgehead atoms. The third kappa shape index (κ3) is 5.66. The van der Waals surface area contributed by atoms with Gasteiger partial charge in [0.05, 0.1) is 6.42 Å². The first-order valence-corrected chi connectivity index (χ1v) is 7.06. The van der Waals surface area contributed by atoms with Gasteiger partial charge in [-0.15, -0.1) is 0 Å². The van der Waals surface area contributed by atoms with E-state index in [0.29, 0.717) is 12.8 Å². The zero-order chi connectivity index (χ0) is 16.0. The first-order chi connectivity index (χ1) is 9.83. The molecule has 0 aliphatic heterocycles. The zero-order valence-corrected chi connectivity index (χ0v) is 12.8. The van der Waals surface area contributed by atoms with Crippen LogP contribution in [-0.2, 0) is 4.79 Å². The van der Waals surface area contributed by atoms with E-state index in [-0.39, 0.29) is 10.9 Å². The van der Waals surface area contributed by atoms with Crippen LogP contribution in [0.5, 0.6) is 0 Å². The van der Waals surface area contributed by atoms with Gasteiger partial charge in [0.15, 0.2) is 11.6 Å². The van der Waals surface area contributed by atoms with E-state index in [4.69, 9.17) is 5.11 Å². The van der Waals surface area contributed by atoms with Gasteiger partial charge in [-0.05, 0) is 18.6 Å². The Bertz CT molecular complexity index is 517. The molecule has 2 amide bonds. The lowest BCUT2D eigenvalue weighted by atomic mass is 10.1. The van der Waals surface area contributed by atoms with E-state index in [1.54, 1.807) is 0 Å². The third-order valence-electron chi connectivity index (χ3n) is 2.64. The second kappa shape index (κ2) is 7.92. The summed E-state index contributed by atoms with van der Waals surface area (Å²) in [5, 5.41) is 13.2. The van der Waals surface area contributed by atoms with Crippen LogP contribution in [0, 0.1) is 11.6 Å². The molecule has 1 aromatic carbocycles. The second-order valence-electron chi connectivity index (χ2n) is 4.43. The SMILES string of the molecule is CCCC(CC(=O)O)NC(=O)Nc1c(F)cc(Br)cc1F. The molecule has 116 valence electrons. The van der Waals surface area contributed by atoms with Crippen molar-refractivity contribution < 1.29 is 23.5 Å². The molecule has 0 saturated carbocycles. The van der Waals surface area contributed by atoms with E-state index in [2.05, 4.69) is 26.6 Å². The number of rotatable bonds is 6. The van der Waals surface area contributed by atoms with E-state index in [1.165, 1.54) is 0 Å². The molecule has 0 saturated heterocycles. The summed E-state index contributed by atoms with van der Waals surface area (Å²) in [5.41, 5.74) is -0.582. The van der Waals surface area contributed by atoms with Crippen molar-refractivity contribution in [2.24, 2.45) is 0 Å². The quantitative estimate of drug-likeness (QED) is 0.722. The Morgan fingerprint density at radius 3 is 2.38 bits per heavy atom. The Labute approximate surface area is 128 Å². The molecule has 1 unspecified atom stereocenters. The average Bonchev–Trinajstić information content (AvgIpc) is 2.33. The summed E-state index contributed by atoms with van der Waals surface area (Å²) in [5.74, 6) is -2.92. The van der Waals surface area contributed by atoms with Gasteiger partial charge in [-0.2, -0.15) is 0 Å². The average molecular weight is 365 g/mol. The van der Waals surface area contributed by atoms with Crippen LogP contribution in [0.1, 0.15) is 26.2 Å². The fourth-order valence-electron chi connectivity index (χ4n) is 1.78. The number of nitrogens with one attached hydrogen (secondary N) is 2. The van der Waals surface area contributed by atoms with Crippen LogP contribution in [0.15, 0.2) is 16.6 Å². The van der Waals surface area contributed by atoms with Crippen molar-refractivity contribution in [3.8, 4) is 0 Å². The van der Waals surface area contributed by atoms with Crippen molar-refractivity contribution in [1.29, 1.82) is 0 Å². The summed E-state index contributed by atoms with van der Waals surface area (Å²) < 4.78 is 27.3. The first-order valence-electron chi connectivity index (χ1n) is 6.27. The number of amides is 2. The van der Waals surface area contributed by atoms with E-state index in [0.717, 1.165) is 12.1 Å². The standard InChI is InChI=1S/C13H15BrF2N2O3/c1-2-3-8(6-11(19)20)17-13(21)18-12-9(15)4-7(14)5-10(12)16/h4-5,8H,2-3,6H2,1H3,(H,19,20)(H2,17,18,21). The highest BCUT2D eigenvalue weighted by molar-refractivity contribution is 9.10. The van der Waals surface area contributed by atoms with Gasteiger partial charge in [-0.3, -0.25) is 4.79 Å². The van der Waals surface area contributed by atoms with Crippen LogP contribution in [0.3, 0.4) is 0 Å². The van der Waals surface area contributed by atoms with Crippen LogP contribution >= 0.6 is 15.9 Å². The molecule has 0 spiro atoms. The predicted molar refractivity (Wildman–Crippen MR) is 77.2 cm³/mol. The lowest BCUT2D eigenvalue weighted by Crippen LogP contribution is -2.39. The number of anilines is 1. The van der Waals surface area contributed by atoms with Crippen LogP contribution in [0.25, 0.3) is 0 Å². The number of aliphatic carboxylic acids is 1. The number of hydrogen-bond donors (Lipinski definition) is 3. The second-order valence-corrected chi connectivity index (χ2v) is 5.34. The van der Waals surface area contributed by atoms with Gasteiger partial charge in [-0.1, -0.05) is 29.3 Å². The van der Waals surface area contributed by atoms with Gasteiger partial charge in [0.25, 0.3) is 0 Å². The Kier molecular flexibility index (Phi) is 6.54. The number of carbonyl (C=O) groups excluding carboxylic acids is 1. The lowest BCUT2D eigenvalue weighted by molar-refractivity contribution is -0.137. The van der Waals surface area contributed by atoms with Crippen LogP contribution in [0.2, 0.25) is 0 Å². The summed E-state index contributed by atoms with van der Waals surface area (Å²) >= 11 is 2.93. The smallest absolute Gasteiger partial charge is 0.319 e. The molecule has 0 heterocycles. The van der Waals surface area contributed by atoms with Gasteiger partial charge in [0, 0.05) is 10.5 Å². The first kappa shape index (κ1) is 17.4. The largest absolute Gasteiger partial charge is 0.481 e. The van der Waals surface area contributed by atoms with Crippen molar-refractivity contribution in [2.75, 3.05) is 5.32 Å². The molecule has 0 radical (unpaired) electrons. The zero-order valence-electron chi connectivity index (χ0n) is 11.3. The van der Waals surface area contributed by atoms with Crippen molar-refractivity contribution in [1.82, 2.24) is 5.32 Å².